The highest BCUT2D eigenvalue weighted by molar-refractivity contribution is 5.93. The molecule has 3 heterocycles. The number of amides is 1. The SMILES string of the molecule is O=C(Nc1ncccc1O)[C@H]1CCCN(c2cnccn2)C1. The summed E-state index contributed by atoms with van der Waals surface area (Å²) in [5.74, 6) is 0.641. The Morgan fingerprint density at radius 3 is 3.00 bits per heavy atom. The number of carbonyl (C=O) groups excluding carboxylic acids is 1. The van der Waals surface area contributed by atoms with Crippen molar-refractivity contribution in [2.24, 2.45) is 5.92 Å². The summed E-state index contributed by atoms with van der Waals surface area (Å²) < 4.78 is 0. The first kappa shape index (κ1) is 14.2. The van der Waals surface area contributed by atoms with E-state index in [1.54, 1.807) is 24.7 Å². The van der Waals surface area contributed by atoms with Crippen LogP contribution in [0.4, 0.5) is 11.6 Å². The molecule has 0 aliphatic carbocycles. The molecule has 1 amide bonds. The molecule has 0 radical (unpaired) electrons. The van der Waals surface area contributed by atoms with Crippen LogP contribution in [-0.4, -0.2) is 39.1 Å². The van der Waals surface area contributed by atoms with Crippen molar-refractivity contribution in [2.75, 3.05) is 23.3 Å². The van der Waals surface area contributed by atoms with Crippen molar-refractivity contribution < 1.29 is 9.90 Å². The van der Waals surface area contributed by atoms with Crippen LogP contribution in [0.1, 0.15) is 12.8 Å². The molecular weight excluding hydrogens is 282 g/mol. The van der Waals surface area contributed by atoms with Crippen LogP contribution >= 0.6 is 0 Å². The van der Waals surface area contributed by atoms with Crippen LogP contribution in [-0.2, 0) is 4.79 Å². The molecule has 0 unspecified atom stereocenters. The average molecular weight is 299 g/mol. The van der Waals surface area contributed by atoms with Crippen LogP contribution in [0.5, 0.6) is 5.75 Å². The second-order valence-electron chi connectivity index (χ2n) is 5.21. The molecule has 2 aromatic rings. The minimum absolute atomic E-state index is 0.0301. The lowest BCUT2D eigenvalue weighted by molar-refractivity contribution is -0.120. The van der Waals surface area contributed by atoms with Crippen molar-refractivity contribution in [2.45, 2.75) is 12.8 Å². The monoisotopic (exact) mass is 299 g/mol. The Hall–Kier alpha value is -2.70. The number of piperidine rings is 1. The number of hydrogen-bond acceptors (Lipinski definition) is 6. The minimum Gasteiger partial charge on any atom is -0.504 e. The second-order valence-corrected chi connectivity index (χ2v) is 5.21. The Labute approximate surface area is 128 Å². The zero-order valence-corrected chi connectivity index (χ0v) is 12.0. The molecule has 2 aromatic heterocycles. The summed E-state index contributed by atoms with van der Waals surface area (Å²) in [6.45, 7) is 1.44. The highest BCUT2D eigenvalue weighted by Gasteiger charge is 2.27. The lowest BCUT2D eigenvalue weighted by atomic mass is 9.97. The van der Waals surface area contributed by atoms with Crippen molar-refractivity contribution >= 4 is 17.5 Å². The number of anilines is 2. The molecular formula is C15H17N5O2. The smallest absolute Gasteiger partial charge is 0.230 e. The summed E-state index contributed by atoms with van der Waals surface area (Å²) in [5, 5.41) is 12.4. The first-order chi connectivity index (χ1) is 10.7. The van der Waals surface area contributed by atoms with E-state index < -0.39 is 0 Å². The lowest BCUT2D eigenvalue weighted by Crippen LogP contribution is -2.41. The van der Waals surface area contributed by atoms with Gasteiger partial charge in [-0.15, -0.1) is 0 Å². The van der Waals surface area contributed by atoms with Crippen molar-refractivity contribution in [3.63, 3.8) is 0 Å². The first-order valence-electron chi connectivity index (χ1n) is 7.20. The lowest BCUT2D eigenvalue weighted by Gasteiger charge is -2.32. The Balaban J connectivity index is 1.67. The van der Waals surface area contributed by atoms with E-state index >= 15 is 0 Å². The standard InChI is InChI=1S/C15H17N5O2/c21-12-4-1-5-18-14(12)19-15(22)11-3-2-8-20(10-11)13-9-16-6-7-17-13/h1,4-7,9,11,21H,2-3,8,10H2,(H,18,19,22)/t11-/m0/s1. The number of hydrogen-bond donors (Lipinski definition) is 2. The maximum Gasteiger partial charge on any atom is 0.230 e. The van der Waals surface area contributed by atoms with Gasteiger partial charge in [0.2, 0.25) is 5.91 Å². The Kier molecular flexibility index (Phi) is 4.13. The van der Waals surface area contributed by atoms with E-state index in [0.29, 0.717) is 6.54 Å². The van der Waals surface area contributed by atoms with Gasteiger partial charge in [0.1, 0.15) is 5.82 Å². The second kappa shape index (κ2) is 6.38. The average Bonchev–Trinajstić information content (AvgIpc) is 2.58. The molecule has 2 N–H and O–H groups in total. The number of aromatic hydroxyl groups is 1. The third kappa shape index (κ3) is 3.13. The van der Waals surface area contributed by atoms with E-state index in [-0.39, 0.29) is 23.4 Å². The normalized spacial score (nSPS) is 18.0. The van der Waals surface area contributed by atoms with Gasteiger partial charge in [-0.1, -0.05) is 0 Å². The number of aromatic nitrogens is 3. The van der Waals surface area contributed by atoms with Crippen molar-refractivity contribution in [1.29, 1.82) is 0 Å². The van der Waals surface area contributed by atoms with Crippen LogP contribution in [0.3, 0.4) is 0 Å². The first-order valence-corrected chi connectivity index (χ1v) is 7.20. The van der Waals surface area contributed by atoms with Gasteiger partial charge in [-0.25, -0.2) is 9.97 Å². The summed E-state index contributed by atoms with van der Waals surface area (Å²) in [4.78, 5) is 26.7. The zero-order valence-electron chi connectivity index (χ0n) is 12.0. The molecule has 114 valence electrons. The fourth-order valence-electron chi connectivity index (χ4n) is 2.57. The topological polar surface area (TPSA) is 91.2 Å². The fraction of sp³-hybridized carbons (Fsp3) is 0.333. The van der Waals surface area contributed by atoms with E-state index in [4.69, 9.17) is 0 Å². The molecule has 1 fully saturated rings. The van der Waals surface area contributed by atoms with Gasteiger partial charge in [0.05, 0.1) is 12.1 Å². The Morgan fingerprint density at radius 1 is 1.32 bits per heavy atom. The van der Waals surface area contributed by atoms with Crippen molar-refractivity contribution in [3.8, 4) is 5.75 Å². The quantitative estimate of drug-likeness (QED) is 0.891. The molecule has 1 aliphatic rings. The molecule has 1 saturated heterocycles. The van der Waals surface area contributed by atoms with Crippen LogP contribution in [0.25, 0.3) is 0 Å². The molecule has 0 aromatic carbocycles. The van der Waals surface area contributed by atoms with Crippen LogP contribution < -0.4 is 10.2 Å². The van der Waals surface area contributed by atoms with Gasteiger partial charge < -0.3 is 15.3 Å². The van der Waals surface area contributed by atoms with Gasteiger partial charge in [0.15, 0.2) is 11.6 Å². The predicted molar refractivity (Wildman–Crippen MR) is 81.5 cm³/mol. The number of nitrogens with zero attached hydrogens (tertiary/aromatic N) is 4. The number of rotatable bonds is 3. The van der Waals surface area contributed by atoms with Crippen molar-refractivity contribution in [3.05, 3.63) is 36.9 Å². The molecule has 7 heteroatoms. The number of carbonyl (C=O) groups is 1. The highest BCUT2D eigenvalue weighted by Crippen LogP contribution is 2.24. The number of pyridine rings is 1. The molecule has 0 saturated carbocycles. The molecule has 0 spiro atoms. The third-order valence-electron chi connectivity index (χ3n) is 3.69. The summed E-state index contributed by atoms with van der Waals surface area (Å²) in [6, 6.07) is 3.11. The van der Waals surface area contributed by atoms with E-state index in [9.17, 15) is 9.90 Å². The Bertz CT molecular complexity index is 649. The molecule has 0 bridgehead atoms. The molecule has 7 nitrogen and oxygen atoms in total. The number of nitrogens with one attached hydrogen (secondary N) is 1. The summed E-state index contributed by atoms with van der Waals surface area (Å²) >= 11 is 0. The van der Waals surface area contributed by atoms with Gasteiger partial charge in [-0.2, -0.15) is 0 Å². The molecule has 3 rings (SSSR count). The van der Waals surface area contributed by atoms with E-state index in [2.05, 4.69) is 25.2 Å². The molecule has 22 heavy (non-hydrogen) atoms. The third-order valence-corrected chi connectivity index (χ3v) is 3.69. The fourth-order valence-corrected chi connectivity index (χ4v) is 2.57. The maximum absolute atomic E-state index is 12.4. The molecule has 1 aliphatic heterocycles. The van der Waals surface area contributed by atoms with Crippen LogP contribution in [0.2, 0.25) is 0 Å². The van der Waals surface area contributed by atoms with Gasteiger partial charge in [-0.3, -0.25) is 9.78 Å². The van der Waals surface area contributed by atoms with E-state index in [1.165, 1.54) is 12.3 Å². The van der Waals surface area contributed by atoms with Crippen LogP contribution in [0, 0.1) is 5.92 Å². The van der Waals surface area contributed by atoms with Gasteiger partial charge >= 0.3 is 0 Å². The zero-order chi connectivity index (χ0) is 15.4. The van der Waals surface area contributed by atoms with Crippen molar-refractivity contribution in [1.82, 2.24) is 15.0 Å². The summed E-state index contributed by atoms with van der Waals surface area (Å²) in [5.41, 5.74) is 0. The van der Waals surface area contributed by atoms with Crippen LogP contribution in [0.15, 0.2) is 36.9 Å². The van der Waals surface area contributed by atoms with Gasteiger partial charge in [0.25, 0.3) is 0 Å². The van der Waals surface area contributed by atoms with E-state index in [0.717, 1.165) is 25.2 Å². The summed E-state index contributed by atoms with van der Waals surface area (Å²) in [6.07, 6.45) is 8.21. The predicted octanol–water partition coefficient (Wildman–Crippen LogP) is 1.43. The van der Waals surface area contributed by atoms with Gasteiger partial charge in [0, 0.05) is 31.7 Å². The van der Waals surface area contributed by atoms with E-state index in [1.807, 2.05) is 0 Å². The van der Waals surface area contributed by atoms with Gasteiger partial charge in [-0.05, 0) is 25.0 Å². The highest BCUT2D eigenvalue weighted by atomic mass is 16.3. The maximum atomic E-state index is 12.4. The molecule has 1 atom stereocenters. The Morgan fingerprint density at radius 2 is 2.23 bits per heavy atom. The minimum atomic E-state index is -0.169. The largest absolute Gasteiger partial charge is 0.504 e. The summed E-state index contributed by atoms with van der Waals surface area (Å²) in [7, 11) is 0.